The summed E-state index contributed by atoms with van der Waals surface area (Å²) in [6.45, 7) is 4.36. The third-order valence-corrected chi connectivity index (χ3v) is 2.67. The lowest BCUT2D eigenvalue weighted by Gasteiger charge is -1.97. The highest BCUT2D eigenvalue weighted by Crippen LogP contribution is 2.04. The summed E-state index contributed by atoms with van der Waals surface area (Å²) < 4.78 is 2.24. The number of nitrogens with zero attached hydrogens (tertiary/aromatic N) is 1. The van der Waals surface area contributed by atoms with Crippen molar-refractivity contribution in [2.75, 3.05) is 0 Å². The van der Waals surface area contributed by atoms with E-state index in [1.165, 1.54) is 43.6 Å². The molecular formula is C11H21N2+. The second kappa shape index (κ2) is 5.05. The van der Waals surface area contributed by atoms with Gasteiger partial charge in [0.05, 0.1) is 7.05 Å². The molecule has 0 saturated carbocycles. The Kier molecular flexibility index (Phi) is 4.00. The second-order valence-electron chi connectivity index (χ2n) is 3.74. The van der Waals surface area contributed by atoms with E-state index in [1.54, 1.807) is 0 Å². The molecule has 2 heteroatoms. The molecule has 0 atom stereocenters. The van der Waals surface area contributed by atoms with Crippen molar-refractivity contribution in [2.45, 2.75) is 46.0 Å². The molecule has 0 fully saturated rings. The highest BCUT2D eigenvalue weighted by atomic mass is 15.0. The molecule has 0 amide bonds. The van der Waals surface area contributed by atoms with E-state index in [2.05, 4.69) is 36.6 Å². The monoisotopic (exact) mass is 181 g/mol. The number of hydrogen-bond acceptors (Lipinski definition) is 0. The van der Waals surface area contributed by atoms with Gasteiger partial charge in [0.25, 0.3) is 5.82 Å². The number of aryl methyl sites for hydroxylation is 2. The standard InChI is InChI=1S/C11H20N2/c1-4-5-6-7-8-11-9-12-10(2)13(11)3/h9H,4-8H2,1-3H3/p+1. The van der Waals surface area contributed by atoms with Gasteiger partial charge in [-0.25, -0.2) is 9.55 Å². The SMILES string of the molecule is CCCCCCc1c[nH]c(C)[n+]1C. The molecule has 13 heavy (non-hydrogen) atoms. The van der Waals surface area contributed by atoms with Crippen molar-refractivity contribution in [1.29, 1.82) is 0 Å². The highest BCUT2D eigenvalue weighted by Gasteiger charge is 2.08. The van der Waals surface area contributed by atoms with Crippen LogP contribution in [0.4, 0.5) is 0 Å². The van der Waals surface area contributed by atoms with Crippen LogP contribution in [0.2, 0.25) is 0 Å². The minimum Gasteiger partial charge on any atom is -0.248 e. The van der Waals surface area contributed by atoms with Crippen LogP contribution in [0.25, 0.3) is 0 Å². The van der Waals surface area contributed by atoms with Gasteiger partial charge >= 0.3 is 0 Å². The van der Waals surface area contributed by atoms with Crippen LogP contribution < -0.4 is 4.57 Å². The first kappa shape index (κ1) is 10.3. The molecule has 0 aromatic carbocycles. The number of aromatic nitrogens is 2. The number of hydrogen-bond donors (Lipinski definition) is 1. The fraction of sp³-hybridized carbons (Fsp3) is 0.727. The van der Waals surface area contributed by atoms with E-state index in [1.807, 2.05) is 0 Å². The highest BCUT2D eigenvalue weighted by molar-refractivity contribution is 4.89. The van der Waals surface area contributed by atoms with E-state index >= 15 is 0 Å². The van der Waals surface area contributed by atoms with Crippen molar-refractivity contribution in [3.8, 4) is 0 Å². The molecule has 2 nitrogen and oxygen atoms in total. The molecule has 0 aliphatic rings. The van der Waals surface area contributed by atoms with Gasteiger partial charge < -0.3 is 0 Å². The Morgan fingerprint density at radius 1 is 1.31 bits per heavy atom. The van der Waals surface area contributed by atoms with Crippen LogP contribution in [0.5, 0.6) is 0 Å². The molecule has 0 radical (unpaired) electrons. The fourth-order valence-electron chi connectivity index (χ4n) is 1.57. The van der Waals surface area contributed by atoms with Crippen molar-refractivity contribution in [2.24, 2.45) is 7.05 Å². The molecule has 0 unspecified atom stereocenters. The average molecular weight is 181 g/mol. The molecule has 0 saturated heterocycles. The summed E-state index contributed by atoms with van der Waals surface area (Å²) in [5.74, 6) is 1.24. The largest absolute Gasteiger partial charge is 0.251 e. The Morgan fingerprint density at radius 3 is 2.62 bits per heavy atom. The van der Waals surface area contributed by atoms with Crippen LogP contribution in [-0.4, -0.2) is 4.98 Å². The molecule has 0 aliphatic heterocycles. The lowest BCUT2D eigenvalue weighted by Crippen LogP contribution is -2.33. The van der Waals surface area contributed by atoms with Gasteiger partial charge in [0.15, 0.2) is 0 Å². The smallest absolute Gasteiger partial charge is 0.248 e. The molecule has 0 bridgehead atoms. The summed E-state index contributed by atoms with van der Waals surface area (Å²) in [4.78, 5) is 3.24. The fourth-order valence-corrected chi connectivity index (χ4v) is 1.57. The van der Waals surface area contributed by atoms with E-state index < -0.39 is 0 Å². The van der Waals surface area contributed by atoms with Gasteiger partial charge in [-0.15, -0.1) is 0 Å². The first-order valence-electron chi connectivity index (χ1n) is 5.28. The lowest BCUT2D eigenvalue weighted by atomic mass is 10.1. The zero-order valence-electron chi connectivity index (χ0n) is 9.06. The van der Waals surface area contributed by atoms with Crippen LogP contribution in [0.3, 0.4) is 0 Å². The van der Waals surface area contributed by atoms with E-state index in [4.69, 9.17) is 0 Å². The number of unbranched alkanes of at least 4 members (excludes halogenated alkanes) is 3. The maximum absolute atomic E-state index is 3.24. The van der Waals surface area contributed by atoms with Crippen LogP contribution in [0.1, 0.15) is 44.1 Å². The Labute approximate surface area is 81.0 Å². The Balaban J connectivity index is 2.32. The second-order valence-corrected chi connectivity index (χ2v) is 3.74. The van der Waals surface area contributed by atoms with Crippen molar-refractivity contribution in [3.05, 3.63) is 17.7 Å². The molecular weight excluding hydrogens is 160 g/mol. The van der Waals surface area contributed by atoms with Crippen molar-refractivity contribution < 1.29 is 4.57 Å². The van der Waals surface area contributed by atoms with Crippen LogP contribution in [-0.2, 0) is 13.5 Å². The third-order valence-electron chi connectivity index (χ3n) is 2.67. The molecule has 1 aromatic heterocycles. The Hall–Kier alpha value is -0.790. The number of aromatic amines is 1. The average Bonchev–Trinajstić information content (AvgIpc) is 2.43. The summed E-state index contributed by atoms with van der Waals surface area (Å²) in [6.07, 6.45) is 8.70. The minimum atomic E-state index is 1.21. The van der Waals surface area contributed by atoms with Gasteiger partial charge in [0, 0.05) is 13.3 Å². The predicted octanol–water partition coefficient (Wildman–Crippen LogP) is 2.27. The van der Waals surface area contributed by atoms with Gasteiger partial charge in [-0.2, -0.15) is 0 Å². The topological polar surface area (TPSA) is 19.7 Å². The van der Waals surface area contributed by atoms with E-state index in [-0.39, 0.29) is 0 Å². The zero-order valence-corrected chi connectivity index (χ0v) is 9.06. The first-order valence-corrected chi connectivity index (χ1v) is 5.28. The lowest BCUT2D eigenvalue weighted by molar-refractivity contribution is -0.683. The van der Waals surface area contributed by atoms with E-state index in [9.17, 15) is 0 Å². The summed E-state index contributed by atoms with van der Waals surface area (Å²) >= 11 is 0. The third kappa shape index (κ3) is 2.87. The number of rotatable bonds is 5. The zero-order chi connectivity index (χ0) is 9.68. The minimum absolute atomic E-state index is 1.21. The van der Waals surface area contributed by atoms with Crippen LogP contribution in [0.15, 0.2) is 6.20 Å². The number of H-pyrrole nitrogens is 1. The first-order chi connectivity index (χ1) is 6.25. The summed E-state index contributed by atoms with van der Waals surface area (Å²) in [6, 6.07) is 0. The maximum Gasteiger partial charge on any atom is 0.251 e. The Bertz CT molecular complexity index is 251. The van der Waals surface area contributed by atoms with Gasteiger partial charge in [-0.1, -0.05) is 26.2 Å². The quantitative estimate of drug-likeness (QED) is 0.531. The Morgan fingerprint density at radius 2 is 2.08 bits per heavy atom. The van der Waals surface area contributed by atoms with E-state index in [0.717, 1.165) is 0 Å². The molecule has 1 heterocycles. The van der Waals surface area contributed by atoms with Crippen LogP contribution >= 0.6 is 0 Å². The summed E-state index contributed by atoms with van der Waals surface area (Å²) in [7, 11) is 2.13. The van der Waals surface area contributed by atoms with Crippen molar-refractivity contribution in [3.63, 3.8) is 0 Å². The maximum atomic E-state index is 3.24. The molecule has 1 rings (SSSR count). The molecule has 1 N–H and O–H groups in total. The van der Waals surface area contributed by atoms with Gasteiger partial charge in [0.2, 0.25) is 0 Å². The number of nitrogens with one attached hydrogen (secondary N) is 1. The molecule has 0 aliphatic carbocycles. The van der Waals surface area contributed by atoms with Gasteiger partial charge in [-0.3, -0.25) is 0 Å². The molecule has 1 aromatic rings. The molecule has 0 spiro atoms. The summed E-state index contributed by atoms with van der Waals surface area (Å²) in [5.41, 5.74) is 1.42. The van der Waals surface area contributed by atoms with Crippen LogP contribution in [0, 0.1) is 6.92 Å². The van der Waals surface area contributed by atoms with Gasteiger partial charge in [0.1, 0.15) is 11.9 Å². The normalized spacial score (nSPS) is 10.7. The van der Waals surface area contributed by atoms with Crippen molar-refractivity contribution >= 4 is 0 Å². The van der Waals surface area contributed by atoms with Gasteiger partial charge in [-0.05, 0) is 6.42 Å². The van der Waals surface area contributed by atoms with E-state index in [0.29, 0.717) is 0 Å². The predicted molar refractivity (Wildman–Crippen MR) is 54.6 cm³/mol. The summed E-state index contributed by atoms with van der Waals surface area (Å²) in [5, 5.41) is 0. The molecule has 74 valence electrons. The van der Waals surface area contributed by atoms with Crippen molar-refractivity contribution in [1.82, 2.24) is 4.98 Å². The number of imidazole rings is 1.